The third kappa shape index (κ3) is 6.09. The van der Waals surface area contributed by atoms with E-state index in [0.29, 0.717) is 28.6 Å². The van der Waals surface area contributed by atoms with Crippen LogP contribution in [0.5, 0.6) is 5.75 Å². The quantitative estimate of drug-likeness (QED) is 0.596. The number of carbonyl (C=O) groups excluding carboxylic acids is 2. The van der Waals surface area contributed by atoms with E-state index in [4.69, 9.17) is 16.3 Å². The van der Waals surface area contributed by atoms with Crippen molar-refractivity contribution in [2.75, 3.05) is 5.32 Å². The van der Waals surface area contributed by atoms with Gasteiger partial charge in [-0.05, 0) is 48.9 Å². The molecule has 0 bridgehead atoms. The zero-order chi connectivity index (χ0) is 20.6. The first kappa shape index (κ1) is 20.4. The molecule has 2 N–H and O–H groups in total. The minimum Gasteiger partial charge on any atom is -0.481 e. The first-order chi connectivity index (χ1) is 14.0. The Kier molecular flexibility index (Phi) is 6.87. The van der Waals surface area contributed by atoms with Gasteiger partial charge in [-0.3, -0.25) is 9.59 Å². The van der Waals surface area contributed by atoms with E-state index in [1.54, 1.807) is 55.5 Å². The lowest BCUT2D eigenvalue weighted by Crippen LogP contribution is -2.30. The number of rotatable bonds is 7. The summed E-state index contributed by atoms with van der Waals surface area (Å²) in [5.41, 5.74) is 2.06. The molecule has 0 fully saturated rings. The van der Waals surface area contributed by atoms with E-state index in [1.165, 1.54) is 0 Å². The molecule has 0 saturated carbocycles. The summed E-state index contributed by atoms with van der Waals surface area (Å²) in [6, 6.07) is 23.3. The Balaban J connectivity index is 1.58. The lowest BCUT2D eigenvalue weighted by molar-refractivity contribution is -0.122. The molecule has 0 saturated heterocycles. The van der Waals surface area contributed by atoms with Gasteiger partial charge in [0.2, 0.25) is 0 Å². The number of benzene rings is 3. The zero-order valence-corrected chi connectivity index (χ0v) is 16.6. The summed E-state index contributed by atoms with van der Waals surface area (Å²) in [6.07, 6.45) is -0.753. The second-order valence-electron chi connectivity index (χ2n) is 6.46. The molecule has 0 aliphatic heterocycles. The first-order valence-corrected chi connectivity index (χ1v) is 9.54. The maximum Gasteiger partial charge on any atom is 0.265 e. The van der Waals surface area contributed by atoms with Crippen LogP contribution in [0.3, 0.4) is 0 Å². The van der Waals surface area contributed by atoms with E-state index >= 15 is 0 Å². The molecule has 0 radical (unpaired) electrons. The second-order valence-corrected chi connectivity index (χ2v) is 6.89. The van der Waals surface area contributed by atoms with Crippen LogP contribution in [-0.2, 0) is 11.3 Å². The number of carbonyl (C=O) groups is 2. The molecular formula is C23H21ClN2O3. The van der Waals surface area contributed by atoms with Crippen LogP contribution in [0.25, 0.3) is 0 Å². The van der Waals surface area contributed by atoms with Crippen molar-refractivity contribution in [1.29, 1.82) is 0 Å². The number of halogens is 1. The molecule has 0 aliphatic carbocycles. The monoisotopic (exact) mass is 408 g/mol. The maximum atomic E-state index is 12.4. The van der Waals surface area contributed by atoms with Gasteiger partial charge in [0.1, 0.15) is 5.75 Å². The van der Waals surface area contributed by atoms with Crippen molar-refractivity contribution in [3.63, 3.8) is 0 Å². The Morgan fingerprint density at radius 3 is 2.48 bits per heavy atom. The number of anilines is 1. The lowest BCUT2D eigenvalue weighted by atomic mass is 10.2. The summed E-state index contributed by atoms with van der Waals surface area (Å²) in [5.74, 6) is -0.0901. The minimum absolute atomic E-state index is 0.213. The number of amides is 2. The predicted molar refractivity (Wildman–Crippen MR) is 114 cm³/mol. The van der Waals surface area contributed by atoms with Crippen molar-refractivity contribution in [3.05, 3.63) is 95.0 Å². The Morgan fingerprint density at radius 2 is 1.72 bits per heavy atom. The molecule has 148 valence electrons. The van der Waals surface area contributed by atoms with Crippen molar-refractivity contribution >= 4 is 29.1 Å². The summed E-state index contributed by atoms with van der Waals surface area (Å²) in [7, 11) is 0. The van der Waals surface area contributed by atoms with Crippen LogP contribution in [0, 0.1) is 0 Å². The topological polar surface area (TPSA) is 67.4 Å². The molecule has 0 aromatic heterocycles. The van der Waals surface area contributed by atoms with Crippen LogP contribution >= 0.6 is 11.6 Å². The molecule has 0 spiro atoms. The van der Waals surface area contributed by atoms with Gasteiger partial charge >= 0.3 is 0 Å². The molecule has 6 heteroatoms. The average Bonchev–Trinajstić information content (AvgIpc) is 2.73. The standard InChI is InChI=1S/C23H21ClN2O3/c1-16(22(27)26-20-11-6-10-19(24)14-20)29-21-12-5-9-18(13-21)23(28)25-15-17-7-3-2-4-8-17/h2-14,16H,15H2,1H3,(H,25,28)(H,26,27)/t16-/m0/s1. The van der Waals surface area contributed by atoms with Crippen molar-refractivity contribution in [3.8, 4) is 5.75 Å². The highest BCUT2D eigenvalue weighted by Crippen LogP contribution is 2.18. The molecule has 29 heavy (non-hydrogen) atoms. The maximum absolute atomic E-state index is 12.4. The van der Waals surface area contributed by atoms with Gasteiger partial charge in [-0.15, -0.1) is 0 Å². The van der Waals surface area contributed by atoms with Gasteiger partial charge in [-0.2, -0.15) is 0 Å². The van der Waals surface area contributed by atoms with E-state index in [1.807, 2.05) is 30.3 Å². The van der Waals surface area contributed by atoms with Gasteiger partial charge in [0, 0.05) is 22.8 Å². The largest absolute Gasteiger partial charge is 0.481 e. The number of ether oxygens (including phenoxy) is 1. The highest BCUT2D eigenvalue weighted by atomic mass is 35.5. The number of hydrogen-bond acceptors (Lipinski definition) is 3. The molecule has 0 unspecified atom stereocenters. The van der Waals surface area contributed by atoms with Crippen molar-refractivity contribution in [2.24, 2.45) is 0 Å². The molecule has 2 amide bonds. The molecule has 3 aromatic carbocycles. The fourth-order valence-corrected chi connectivity index (χ4v) is 2.85. The van der Waals surface area contributed by atoms with Gasteiger partial charge in [0.25, 0.3) is 11.8 Å². The van der Waals surface area contributed by atoms with E-state index in [-0.39, 0.29) is 11.8 Å². The van der Waals surface area contributed by atoms with Crippen molar-refractivity contribution in [1.82, 2.24) is 5.32 Å². The molecule has 3 aromatic rings. The Morgan fingerprint density at radius 1 is 0.966 bits per heavy atom. The molecule has 5 nitrogen and oxygen atoms in total. The number of nitrogens with one attached hydrogen (secondary N) is 2. The van der Waals surface area contributed by atoms with Gasteiger partial charge in [-0.1, -0.05) is 54.1 Å². The summed E-state index contributed by atoms with van der Waals surface area (Å²) in [5, 5.41) is 6.15. The fraction of sp³-hybridized carbons (Fsp3) is 0.130. The van der Waals surface area contributed by atoms with Crippen molar-refractivity contribution < 1.29 is 14.3 Å². The summed E-state index contributed by atoms with van der Waals surface area (Å²) in [4.78, 5) is 24.8. The normalized spacial score (nSPS) is 11.4. The van der Waals surface area contributed by atoms with Gasteiger partial charge < -0.3 is 15.4 Å². The third-order valence-electron chi connectivity index (χ3n) is 4.17. The Bertz CT molecular complexity index is 992. The molecule has 1 atom stereocenters. The van der Waals surface area contributed by atoms with Gasteiger partial charge in [0.15, 0.2) is 6.10 Å². The number of hydrogen-bond donors (Lipinski definition) is 2. The highest BCUT2D eigenvalue weighted by molar-refractivity contribution is 6.30. The zero-order valence-electron chi connectivity index (χ0n) is 15.9. The van der Waals surface area contributed by atoms with Crippen LogP contribution in [0.2, 0.25) is 5.02 Å². The van der Waals surface area contributed by atoms with E-state index in [0.717, 1.165) is 5.56 Å². The predicted octanol–water partition coefficient (Wildman–Crippen LogP) is 4.68. The summed E-state index contributed by atoms with van der Waals surface area (Å²) in [6.45, 7) is 2.07. The Labute approximate surface area is 174 Å². The van der Waals surface area contributed by atoms with Gasteiger partial charge in [0.05, 0.1) is 0 Å². The highest BCUT2D eigenvalue weighted by Gasteiger charge is 2.16. The van der Waals surface area contributed by atoms with Crippen LogP contribution in [0.4, 0.5) is 5.69 Å². The van der Waals surface area contributed by atoms with Crippen LogP contribution in [-0.4, -0.2) is 17.9 Å². The van der Waals surface area contributed by atoms with Crippen LogP contribution in [0.15, 0.2) is 78.9 Å². The van der Waals surface area contributed by atoms with E-state index in [2.05, 4.69) is 10.6 Å². The van der Waals surface area contributed by atoms with Crippen LogP contribution < -0.4 is 15.4 Å². The smallest absolute Gasteiger partial charge is 0.265 e. The van der Waals surface area contributed by atoms with Crippen LogP contribution in [0.1, 0.15) is 22.8 Å². The summed E-state index contributed by atoms with van der Waals surface area (Å²) < 4.78 is 5.71. The molecule has 0 heterocycles. The molecular weight excluding hydrogens is 388 g/mol. The second kappa shape index (κ2) is 9.75. The van der Waals surface area contributed by atoms with Crippen molar-refractivity contribution in [2.45, 2.75) is 19.6 Å². The SMILES string of the molecule is C[C@H](Oc1cccc(C(=O)NCc2ccccc2)c1)C(=O)Nc1cccc(Cl)c1. The fourth-order valence-electron chi connectivity index (χ4n) is 2.66. The average molecular weight is 409 g/mol. The third-order valence-corrected chi connectivity index (χ3v) is 4.40. The lowest BCUT2D eigenvalue weighted by Gasteiger charge is -2.15. The van der Waals surface area contributed by atoms with Gasteiger partial charge in [-0.25, -0.2) is 0 Å². The van der Waals surface area contributed by atoms with E-state index in [9.17, 15) is 9.59 Å². The Hall–Kier alpha value is -3.31. The minimum atomic E-state index is -0.753. The van der Waals surface area contributed by atoms with E-state index < -0.39 is 6.10 Å². The summed E-state index contributed by atoms with van der Waals surface area (Å²) >= 11 is 5.93. The first-order valence-electron chi connectivity index (χ1n) is 9.16. The molecule has 3 rings (SSSR count). The molecule has 0 aliphatic rings.